The molecule has 2 atom stereocenters. The van der Waals surface area contributed by atoms with Crippen molar-refractivity contribution in [1.82, 2.24) is 4.72 Å². The molecule has 2 rings (SSSR count). The van der Waals surface area contributed by atoms with Crippen molar-refractivity contribution in [2.45, 2.75) is 37.1 Å². The molecule has 0 aliphatic heterocycles. The van der Waals surface area contributed by atoms with Crippen LogP contribution >= 0.6 is 0 Å². The first-order valence-corrected chi connectivity index (χ1v) is 8.30. The van der Waals surface area contributed by atoms with Crippen LogP contribution in [0.3, 0.4) is 0 Å². The van der Waals surface area contributed by atoms with E-state index < -0.39 is 16.0 Å². The van der Waals surface area contributed by atoms with Gasteiger partial charge in [0.25, 0.3) is 0 Å². The highest BCUT2D eigenvalue weighted by Gasteiger charge is 2.31. The largest absolute Gasteiger partial charge is 0.478 e. The molecule has 21 heavy (non-hydrogen) atoms. The molecule has 3 N–H and O–H groups in total. The Labute approximate surface area is 123 Å². The Kier molecular flexibility index (Phi) is 4.65. The van der Waals surface area contributed by atoms with Gasteiger partial charge in [-0.1, -0.05) is 12.5 Å². The number of benzene rings is 1. The van der Waals surface area contributed by atoms with Crippen LogP contribution in [0.5, 0.6) is 0 Å². The molecular formula is C14H19NO5S. The fourth-order valence-electron chi connectivity index (χ4n) is 2.68. The average Bonchev–Trinajstić information content (AvgIpc) is 2.85. The fourth-order valence-corrected chi connectivity index (χ4v) is 4.04. The van der Waals surface area contributed by atoms with Crippen LogP contribution in [-0.2, 0) is 10.0 Å². The van der Waals surface area contributed by atoms with E-state index in [1.54, 1.807) is 6.92 Å². The van der Waals surface area contributed by atoms with E-state index in [-0.39, 0.29) is 29.0 Å². The minimum atomic E-state index is -3.78. The van der Waals surface area contributed by atoms with Gasteiger partial charge in [-0.05, 0) is 43.4 Å². The number of carbonyl (C=O) groups is 1. The maximum Gasteiger partial charge on any atom is 0.335 e. The third-order valence-corrected chi connectivity index (χ3v) is 5.44. The Morgan fingerprint density at radius 3 is 2.71 bits per heavy atom. The molecule has 1 saturated carbocycles. The molecule has 0 amide bonds. The predicted molar refractivity (Wildman–Crippen MR) is 76.7 cm³/mol. The Morgan fingerprint density at radius 1 is 1.38 bits per heavy atom. The van der Waals surface area contributed by atoms with Gasteiger partial charge in [-0.25, -0.2) is 17.9 Å². The van der Waals surface area contributed by atoms with E-state index in [1.807, 2.05) is 0 Å². The van der Waals surface area contributed by atoms with E-state index in [9.17, 15) is 18.3 Å². The van der Waals surface area contributed by atoms with Gasteiger partial charge >= 0.3 is 5.97 Å². The van der Waals surface area contributed by atoms with E-state index in [0.29, 0.717) is 12.0 Å². The van der Waals surface area contributed by atoms with Crippen molar-refractivity contribution in [1.29, 1.82) is 0 Å². The van der Waals surface area contributed by atoms with Crippen LogP contribution in [0.2, 0.25) is 0 Å². The van der Waals surface area contributed by atoms with Crippen molar-refractivity contribution in [3.63, 3.8) is 0 Å². The molecule has 7 heteroatoms. The summed E-state index contributed by atoms with van der Waals surface area (Å²) in [6, 6.07) is 3.75. The highest BCUT2D eigenvalue weighted by molar-refractivity contribution is 7.89. The summed E-state index contributed by atoms with van der Waals surface area (Å²) in [5, 5.41) is 18.3. The number of hydrogen-bond acceptors (Lipinski definition) is 4. The van der Waals surface area contributed by atoms with Crippen LogP contribution in [0.4, 0.5) is 0 Å². The summed E-state index contributed by atoms with van der Waals surface area (Å²) in [6.07, 6.45) is 2.34. The average molecular weight is 313 g/mol. The number of nitrogens with one attached hydrogen (secondary N) is 1. The molecule has 1 aliphatic rings. The van der Waals surface area contributed by atoms with E-state index in [2.05, 4.69) is 4.72 Å². The summed E-state index contributed by atoms with van der Waals surface area (Å²) in [7, 11) is -3.78. The fraction of sp³-hybridized carbons (Fsp3) is 0.500. The third-order valence-electron chi connectivity index (χ3n) is 3.95. The number of carboxylic acid groups (broad SMARTS) is 1. The Hall–Kier alpha value is -1.44. The third kappa shape index (κ3) is 3.42. The maximum atomic E-state index is 12.4. The van der Waals surface area contributed by atoms with E-state index in [0.717, 1.165) is 12.8 Å². The van der Waals surface area contributed by atoms with Gasteiger partial charge in [0.1, 0.15) is 0 Å². The van der Waals surface area contributed by atoms with Gasteiger partial charge < -0.3 is 10.2 Å². The SMILES string of the molecule is Cc1ccc(S(=O)(=O)NC2CCCC2CO)cc1C(=O)O. The smallest absolute Gasteiger partial charge is 0.335 e. The molecule has 1 aliphatic carbocycles. The van der Waals surface area contributed by atoms with Crippen LogP contribution in [0, 0.1) is 12.8 Å². The first-order chi connectivity index (χ1) is 9.85. The van der Waals surface area contributed by atoms with Gasteiger partial charge in [0.15, 0.2) is 0 Å². The lowest BCUT2D eigenvalue weighted by Crippen LogP contribution is -2.38. The number of aryl methyl sites for hydroxylation is 1. The normalized spacial score (nSPS) is 22.4. The lowest BCUT2D eigenvalue weighted by atomic mass is 10.1. The molecule has 2 unspecified atom stereocenters. The minimum absolute atomic E-state index is 0.0250. The molecule has 0 bridgehead atoms. The number of aliphatic hydroxyl groups excluding tert-OH is 1. The number of rotatable bonds is 5. The predicted octanol–water partition coefficient (Wildman–Crippen LogP) is 1.13. The standard InChI is InChI=1S/C14H19NO5S/c1-9-5-6-11(7-12(9)14(17)18)21(19,20)15-13-4-2-3-10(13)8-16/h5-7,10,13,15-16H,2-4,8H2,1H3,(H,17,18). The summed E-state index contributed by atoms with van der Waals surface area (Å²) >= 11 is 0. The second-order valence-corrected chi connectivity index (χ2v) is 7.10. The number of aliphatic hydroxyl groups is 1. The molecule has 1 fully saturated rings. The van der Waals surface area contributed by atoms with Crippen molar-refractivity contribution in [2.24, 2.45) is 5.92 Å². The van der Waals surface area contributed by atoms with Crippen LogP contribution in [0.1, 0.15) is 35.2 Å². The summed E-state index contributed by atoms with van der Waals surface area (Å²) < 4.78 is 27.3. The first kappa shape index (κ1) is 15.9. The van der Waals surface area contributed by atoms with Gasteiger partial charge in [-0.2, -0.15) is 0 Å². The van der Waals surface area contributed by atoms with Crippen molar-refractivity contribution in [2.75, 3.05) is 6.61 Å². The topological polar surface area (TPSA) is 104 Å². The molecular weight excluding hydrogens is 294 g/mol. The highest BCUT2D eigenvalue weighted by atomic mass is 32.2. The molecule has 6 nitrogen and oxygen atoms in total. The van der Waals surface area contributed by atoms with E-state index >= 15 is 0 Å². The van der Waals surface area contributed by atoms with Gasteiger partial charge in [0.05, 0.1) is 10.5 Å². The van der Waals surface area contributed by atoms with Gasteiger partial charge in [-0.3, -0.25) is 0 Å². The van der Waals surface area contributed by atoms with E-state index in [1.165, 1.54) is 18.2 Å². The zero-order valence-electron chi connectivity index (χ0n) is 11.7. The number of sulfonamides is 1. The second-order valence-electron chi connectivity index (χ2n) is 5.38. The molecule has 1 aromatic rings. The maximum absolute atomic E-state index is 12.4. The molecule has 0 saturated heterocycles. The Bertz CT molecular complexity index is 641. The van der Waals surface area contributed by atoms with Crippen LogP contribution in [0.15, 0.2) is 23.1 Å². The molecule has 1 aromatic carbocycles. The quantitative estimate of drug-likeness (QED) is 0.756. The van der Waals surface area contributed by atoms with Crippen molar-refractivity contribution in [3.8, 4) is 0 Å². The lowest BCUT2D eigenvalue weighted by molar-refractivity contribution is 0.0696. The van der Waals surface area contributed by atoms with E-state index in [4.69, 9.17) is 5.11 Å². The van der Waals surface area contributed by atoms with Gasteiger partial charge in [0.2, 0.25) is 10.0 Å². The summed E-state index contributed by atoms with van der Waals surface area (Å²) in [5.41, 5.74) is 0.485. The first-order valence-electron chi connectivity index (χ1n) is 6.82. The van der Waals surface area contributed by atoms with Crippen LogP contribution < -0.4 is 4.72 Å². The summed E-state index contributed by atoms with van der Waals surface area (Å²) in [5.74, 6) is -1.23. The zero-order valence-corrected chi connectivity index (χ0v) is 12.6. The van der Waals surface area contributed by atoms with Gasteiger partial charge in [0, 0.05) is 12.6 Å². The summed E-state index contributed by atoms with van der Waals surface area (Å²) in [6.45, 7) is 1.56. The number of hydrogen-bond donors (Lipinski definition) is 3. The number of carboxylic acids is 1. The second kappa shape index (κ2) is 6.13. The van der Waals surface area contributed by atoms with Gasteiger partial charge in [-0.15, -0.1) is 0 Å². The lowest BCUT2D eigenvalue weighted by Gasteiger charge is -2.19. The molecule has 0 heterocycles. The highest BCUT2D eigenvalue weighted by Crippen LogP contribution is 2.27. The van der Waals surface area contributed by atoms with Crippen LogP contribution in [0.25, 0.3) is 0 Å². The zero-order chi connectivity index (χ0) is 15.6. The Morgan fingerprint density at radius 2 is 2.10 bits per heavy atom. The minimum Gasteiger partial charge on any atom is -0.478 e. The molecule has 0 spiro atoms. The monoisotopic (exact) mass is 313 g/mol. The number of aromatic carboxylic acids is 1. The summed E-state index contributed by atoms with van der Waals surface area (Å²) in [4.78, 5) is 11.0. The Balaban J connectivity index is 2.27. The van der Waals surface area contributed by atoms with Crippen molar-refractivity contribution in [3.05, 3.63) is 29.3 Å². The molecule has 116 valence electrons. The van der Waals surface area contributed by atoms with Crippen molar-refractivity contribution >= 4 is 16.0 Å². The van der Waals surface area contributed by atoms with Crippen LogP contribution in [-0.4, -0.2) is 37.2 Å². The molecule has 0 aromatic heterocycles. The molecule has 0 radical (unpaired) electrons. The van der Waals surface area contributed by atoms with Crippen molar-refractivity contribution < 1.29 is 23.4 Å².